The molecule has 0 fully saturated rings. The SMILES string of the molecule is COc1ccccc1[C@H]1SCC(=O)Nc2c1c(-c1ccc(Cl)cc1)nn2-c1nc(C)cc(C)n1. The van der Waals surface area contributed by atoms with Crippen LogP contribution in [0.5, 0.6) is 5.75 Å². The molecule has 1 atom stereocenters. The third-order valence-corrected chi connectivity index (χ3v) is 7.03. The minimum Gasteiger partial charge on any atom is -0.496 e. The number of nitrogens with one attached hydrogen (secondary N) is 1. The highest BCUT2D eigenvalue weighted by molar-refractivity contribution is 8.00. The third kappa shape index (κ3) is 4.15. The molecule has 5 rings (SSSR count). The molecule has 1 amide bonds. The first-order chi connectivity index (χ1) is 16.4. The van der Waals surface area contributed by atoms with E-state index >= 15 is 0 Å². The minimum atomic E-state index is -0.213. The van der Waals surface area contributed by atoms with Crippen molar-refractivity contribution in [2.75, 3.05) is 18.2 Å². The number of hydrogen-bond acceptors (Lipinski definition) is 6. The molecule has 0 bridgehead atoms. The van der Waals surface area contributed by atoms with Crippen molar-refractivity contribution in [3.63, 3.8) is 0 Å². The molecule has 1 aliphatic heterocycles. The Morgan fingerprint density at radius 3 is 2.50 bits per heavy atom. The molecule has 2 aromatic heterocycles. The predicted octanol–water partition coefficient (Wildman–Crippen LogP) is 5.38. The topological polar surface area (TPSA) is 81.9 Å². The van der Waals surface area contributed by atoms with Crippen LogP contribution in [-0.2, 0) is 4.79 Å². The molecule has 0 saturated heterocycles. The summed E-state index contributed by atoms with van der Waals surface area (Å²) in [7, 11) is 1.65. The fourth-order valence-corrected chi connectivity index (χ4v) is 5.39. The van der Waals surface area contributed by atoms with Gasteiger partial charge >= 0.3 is 0 Å². The molecular weight excluding hydrogens is 470 g/mol. The van der Waals surface area contributed by atoms with Gasteiger partial charge in [0, 0.05) is 33.1 Å². The summed E-state index contributed by atoms with van der Waals surface area (Å²) in [6.07, 6.45) is 0. The zero-order valence-electron chi connectivity index (χ0n) is 18.9. The summed E-state index contributed by atoms with van der Waals surface area (Å²) in [5.41, 5.74) is 5.06. The summed E-state index contributed by atoms with van der Waals surface area (Å²) < 4.78 is 7.31. The average molecular weight is 492 g/mol. The molecule has 172 valence electrons. The largest absolute Gasteiger partial charge is 0.496 e. The predicted molar refractivity (Wildman–Crippen MR) is 135 cm³/mol. The van der Waals surface area contributed by atoms with Crippen molar-refractivity contribution in [2.24, 2.45) is 0 Å². The normalized spacial score (nSPS) is 15.4. The van der Waals surface area contributed by atoms with E-state index in [1.807, 2.05) is 68.4 Å². The number of thioether (sulfide) groups is 1. The van der Waals surface area contributed by atoms with Crippen LogP contribution in [0.15, 0.2) is 54.6 Å². The molecule has 9 heteroatoms. The summed E-state index contributed by atoms with van der Waals surface area (Å²) in [6, 6.07) is 17.3. The maximum atomic E-state index is 12.8. The number of aryl methyl sites for hydroxylation is 2. The lowest BCUT2D eigenvalue weighted by atomic mass is 9.99. The Kier molecular flexibility index (Phi) is 6.02. The van der Waals surface area contributed by atoms with Crippen LogP contribution in [0.25, 0.3) is 17.2 Å². The fourth-order valence-electron chi connectivity index (χ4n) is 4.11. The van der Waals surface area contributed by atoms with Crippen LogP contribution in [0.3, 0.4) is 0 Å². The summed E-state index contributed by atoms with van der Waals surface area (Å²) in [5.74, 6) is 1.88. The van der Waals surface area contributed by atoms with Gasteiger partial charge in [0.15, 0.2) is 0 Å². The van der Waals surface area contributed by atoms with Crippen LogP contribution in [0, 0.1) is 13.8 Å². The number of aromatic nitrogens is 4. The Hall–Kier alpha value is -3.36. The Bertz CT molecular complexity index is 1370. The maximum Gasteiger partial charge on any atom is 0.252 e. The van der Waals surface area contributed by atoms with Crippen LogP contribution >= 0.6 is 23.4 Å². The van der Waals surface area contributed by atoms with E-state index in [-0.39, 0.29) is 16.9 Å². The standard InChI is InChI=1S/C25H22ClN5O2S/c1-14-12-15(2)28-25(27-14)31-24-21(22(30-31)16-8-10-17(26)11-9-16)23(34-13-20(32)29-24)18-6-4-5-7-19(18)33-3/h4-12,23H,13H2,1-3H3,(H,29,32)/t23-/m1/s1. The van der Waals surface area contributed by atoms with Crippen molar-refractivity contribution in [1.82, 2.24) is 19.7 Å². The Balaban J connectivity index is 1.82. The van der Waals surface area contributed by atoms with Gasteiger partial charge in [0.2, 0.25) is 5.91 Å². The van der Waals surface area contributed by atoms with Gasteiger partial charge in [-0.2, -0.15) is 9.78 Å². The zero-order chi connectivity index (χ0) is 23.8. The second-order valence-corrected chi connectivity index (χ2v) is 9.49. The van der Waals surface area contributed by atoms with Gasteiger partial charge in [-0.15, -0.1) is 11.8 Å². The summed E-state index contributed by atoms with van der Waals surface area (Å²) in [4.78, 5) is 22.0. The van der Waals surface area contributed by atoms with Crippen LogP contribution in [0.1, 0.15) is 27.8 Å². The van der Waals surface area contributed by atoms with Crippen molar-refractivity contribution >= 4 is 35.1 Å². The lowest BCUT2D eigenvalue weighted by Gasteiger charge is -2.19. The number of para-hydroxylation sites is 1. The van der Waals surface area contributed by atoms with E-state index in [1.165, 1.54) is 11.8 Å². The smallest absolute Gasteiger partial charge is 0.252 e. The number of nitrogens with zero attached hydrogens (tertiary/aromatic N) is 4. The Morgan fingerprint density at radius 1 is 1.09 bits per heavy atom. The van der Waals surface area contributed by atoms with Gasteiger partial charge in [-0.3, -0.25) is 4.79 Å². The number of hydrogen-bond donors (Lipinski definition) is 1. The maximum absolute atomic E-state index is 12.8. The van der Waals surface area contributed by atoms with E-state index in [0.717, 1.165) is 39.5 Å². The number of rotatable bonds is 4. The molecule has 34 heavy (non-hydrogen) atoms. The lowest BCUT2D eigenvalue weighted by Crippen LogP contribution is -2.17. The molecule has 0 unspecified atom stereocenters. The average Bonchev–Trinajstić information content (AvgIpc) is 3.09. The van der Waals surface area contributed by atoms with E-state index < -0.39 is 0 Å². The molecule has 3 heterocycles. The van der Waals surface area contributed by atoms with Gasteiger partial charge in [-0.1, -0.05) is 41.9 Å². The fraction of sp³-hybridized carbons (Fsp3) is 0.200. The molecule has 0 saturated carbocycles. The highest BCUT2D eigenvalue weighted by Gasteiger charge is 2.34. The van der Waals surface area contributed by atoms with Crippen LogP contribution in [0.4, 0.5) is 5.82 Å². The summed E-state index contributed by atoms with van der Waals surface area (Å²) in [6.45, 7) is 3.82. The van der Waals surface area contributed by atoms with Crippen molar-refractivity contribution in [1.29, 1.82) is 0 Å². The van der Waals surface area contributed by atoms with Crippen LogP contribution < -0.4 is 10.1 Å². The van der Waals surface area contributed by atoms with Crippen LogP contribution in [0.2, 0.25) is 5.02 Å². The van der Waals surface area contributed by atoms with E-state index in [9.17, 15) is 4.79 Å². The molecule has 1 N–H and O–H groups in total. The first kappa shape index (κ1) is 22.4. The minimum absolute atomic E-state index is 0.114. The van der Waals surface area contributed by atoms with Crippen molar-refractivity contribution in [3.05, 3.63) is 82.1 Å². The second kappa shape index (κ2) is 9.12. The molecule has 7 nitrogen and oxygen atoms in total. The van der Waals surface area contributed by atoms with Crippen molar-refractivity contribution in [3.8, 4) is 23.0 Å². The number of benzene rings is 2. The van der Waals surface area contributed by atoms with Crippen molar-refractivity contribution in [2.45, 2.75) is 19.1 Å². The number of ether oxygens (including phenoxy) is 1. The van der Waals surface area contributed by atoms with Gasteiger partial charge in [0.25, 0.3) is 5.95 Å². The molecule has 0 aliphatic carbocycles. The first-order valence-corrected chi connectivity index (χ1v) is 12.1. The van der Waals surface area contributed by atoms with Gasteiger partial charge < -0.3 is 10.1 Å². The second-order valence-electron chi connectivity index (χ2n) is 7.96. The molecule has 0 radical (unpaired) electrons. The van der Waals surface area contributed by atoms with Crippen LogP contribution in [-0.4, -0.2) is 38.5 Å². The number of carbonyl (C=O) groups is 1. The first-order valence-electron chi connectivity index (χ1n) is 10.7. The molecule has 0 spiro atoms. The Morgan fingerprint density at radius 2 is 1.79 bits per heavy atom. The van der Waals surface area contributed by atoms with E-state index in [0.29, 0.717) is 16.8 Å². The lowest BCUT2D eigenvalue weighted by molar-refractivity contribution is -0.113. The van der Waals surface area contributed by atoms with Gasteiger partial charge in [-0.25, -0.2) is 9.97 Å². The van der Waals surface area contributed by atoms with Gasteiger partial charge in [0.05, 0.1) is 23.8 Å². The number of amides is 1. The van der Waals surface area contributed by atoms with Gasteiger partial charge in [0.1, 0.15) is 11.6 Å². The summed E-state index contributed by atoms with van der Waals surface area (Å²) >= 11 is 7.70. The Labute approximate surface area is 206 Å². The van der Waals surface area contributed by atoms with Gasteiger partial charge in [-0.05, 0) is 38.1 Å². The summed E-state index contributed by atoms with van der Waals surface area (Å²) in [5, 5.41) is 8.41. The molecule has 2 aromatic carbocycles. The quantitative estimate of drug-likeness (QED) is 0.412. The molecule has 4 aromatic rings. The van der Waals surface area contributed by atoms with Crippen molar-refractivity contribution < 1.29 is 9.53 Å². The molecule has 1 aliphatic rings. The number of carbonyl (C=O) groups excluding carboxylic acids is 1. The van der Waals surface area contributed by atoms with E-state index in [1.54, 1.807) is 11.8 Å². The highest BCUT2D eigenvalue weighted by Crippen LogP contribution is 2.48. The number of fused-ring (bicyclic) bond motifs is 1. The zero-order valence-corrected chi connectivity index (χ0v) is 20.4. The highest BCUT2D eigenvalue weighted by atomic mass is 35.5. The number of methoxy groups -OCH3 is 1. The van der Waals surface area contributed by atoms with E-state index in [2.05, 4.69) is 15.3 Å². The molecular formula is C25H22ClN5O2S. The third-order valence-electron chi connectivity index (χ3n) is 5.52. The monoisotopic (exact) mass is 491 g/mol. The number of anilines is 1. The van der Waals surface area contributed by atoms with E-state index in [4.69, 9.17) is 21.4 Å². The number of halogens is 1.